The van der Waals surface area contributed by atoms with E-state index < -0.39 is 25.9 Å². The molecule has 4 rings (SSSR count). The molecule has 0 spiro atoms. The van der Waals surface area contributed by atoms with E-state index in [9.17, 15) is 4.79 Å². The third-order valence-electron chi connectivity index (χ3n) is 5.89. The summed E-state index contributed by atoms with van der Waals surface area (Å²) in [7, 11) is 0. The van der Waals surface area contributed by atoms with Gasteiger partial charge in [-0.3, -0.25) is 4.79 Å². The molecule has 5 unspecified atom stereocenters. The summed E-state index contributed by atoms with van der Waals surface area (Å²) in [5, 5.41) is -0.637. The maximum Gasteiger partial charge on any atom is 0.177 e. The minimum absolute atomic E-state index is 0.204. The molecule has 0 N–H and O–H groups in total. The lowest BCUT2D eigenvalue weighted by molar-refractivity contribution is -0.130. The van der Waals surface area contributed by atoms with Crippen LogP contribution in [-0.2, 0) is 9.67 Å². The van der Waals surface area contributed by atoms with Gasteiger partial charge in [0.2, 0.25) is 0 Å². The Kier molecular flexibility index (Phi) is 4.59. The van der Waals surface area contributed by atoms with Crippen molar-refractivity contribution in [1.29, 1.82) is 0 Å². The summed E-state index contributed by atoms with van der Waals surface area (Å²) in [4.78, 5) is 9.86. The second-order valence-electron chi connectivity index (χ2n) is 7.21. The summed E-state index contributed by atoms with van der Waals surface area (Å²) >= 11 is 28.2. The lowest BCUT2D eigenvalue weighted by Gasteiger charge is -2.59. The summed E-state index contributed by atoms with van der Waals surface area (Å²) < 4.78 is 0. The molecule has 0 aliphatic heterocycles. The van der Waals surface area contributed by atoms with Gasteiger partial charge < -0.3 is 0 Å². The molecule has 2 saturated carbocycles. The van der Waals surface area contributed by atoms with Gasteiger partial charge in [0.25, 0.3) is 0 Å². The molecular formula is C21H18Cl4O. The predicted octanol–water partition coefficient (Wildman–Crippen LogP) is 6.23. The maximum absolute atomic E-state index is 13.6. The monoisotopic (exact) mass is 426 g/mol. The minimum atomic E-state index is -1.33. The normalized spacial score (nSPS) is 39.6. The molecule has 26 heavy (non-hydrogen) atoms. The number of alkyl halides is 4. The largest absolute Gasteiger partial charge is 0.296 e. The van der Waals surface area contributed by atoms with Crippen molar-refractivity contribution in [3.63, 3.8) is 0 Å². The first-order valence-electron chi connectivity index (χ1n) is 8.72. The van der Waals surface area contributed by atoms with Crippen LogP contribution >= 0.6 is 46.4 Å². The van der Waals surface area contributed by atoms with Crippen molar-refractivity contribution in [3.05, 3.63) is 71.8 Å². The molecule has 1 nitrogen and oxygen atoms in total. The highest BCUT2D eigenvalue weighted by Gasteiger charge is 2.73. The van der Waals surface area contributed by atoms with Crippen LogP contribution < -0.4 is 0 Å². The van der Waals surface area contributed by atoms with E-state index in [0.29, 0.717) is 12.8 Å². The first-order chi connectivity index (χ1) is 12.4. The second kappa shape index (κ2) is 6.41. The maximum atomic E-state index is 13.6. The van der Waals surface area contributed by atoms with E-state index in [-0.39, 0.29) is 5.78 Å². The van der Waals surface area contributed by atoms with Crippen LogP contribution in [0.1, 0.15) is 36.3 Å². The molecule has 2 bridgehead atoms. The fourth-order valence-electron chi connectivity index (χ4n) is 4.63. The molecule has 0 amide bonds. The summed E-state index contributed by atoms with van der Waals surface area (Å²) in [6.45, 7) is 0. The van der Waals surface area contributed by atoms with Crippen LogP contribution in [0.2, 0.25) is 0 Å². The van der Waals surface area contributed by atoms with Crippen LogP contribution in [-0.4, -0.2) is 20.9 Å². The number of halogens is 4. The van der Waals surface area contributed by atoms with Crippen LogP contribution in [0.5, 0.6) is 0 Å². The van der Waals surface area contributed by atoms with E-state index in [1.54, 1.807) is 0 Å². The Bertz CT molecular complexity index is 826. The van der Waals surface area contributed by atoms with Crippen molar-refractivity contribution >= 4 is 52.2 Å². The standard InChI is InChI=1S/C21H18Cl4O/c22-17-16(14-8-3-1-4-9-14)19(23)12-7-13-20(24,18(19)26)21(17,25)15-10-5-2-6-11-15/h1-6,8-11,16-17H,7,12-13H2. The average Bonchev–Trinajstić information content (AvgIpc) is 2.66. The SMILES string of the molecule is O=C1C2(Cl)CCCC1(Cl)C(Cl)(c1ccccc1)C(Cl)C2c1ccccc1. The van der Waals surface area contributed by atoms with Crippen molar-refractivity contribution in [2.75, 3.05) is 0 Å². The lowest BCUT2D eigenvalue weighted by atomic mass is 9.56. The van der Waals surface area contributed by atoms with Gasteiger partial charge in [-0.2, -0.15) is 0 Å². The van der Waals surface area contributed by atoms with Crippen LogP contribution in [0.15, 0.2) is 60.7 Å². The van der Waals surface area contributed by atoms with Crippen LogP contribution in [0.4, 0.5) is 0 Å². The Morgan fingerprint density at radius 2 is 1.42 bits per heavy atom. The molecule has 136 valence electrons. The van der Waals surface area contributed by atoms with E-state index in [1.165, 1.54) is 0 Å². The number of benzene rings is 2. The van der Waals surface area contributed by atoms with Gasteiger partial charge in [0, 0.05) is 5.92 Å². The number of carbonyl (C=O) groups excluding carboxylic acids is 1. The van der Waals surface area contributed by atoms with Gasteiger partial charge in [-0.15, -0.1) is 46.4 Å². The molecule has 0 radical (unpaired) electrons. The molecule has 5 atom stereocenters. The zero-order valence-electron chi connectivity index (χ0n) is 14.0. The first kappa shape index (κ1) is 18.6. The highest BCUT2D eigenvalue weighted by atomic mass is 35.5. The molecule has 2 fully saturated rings. The smallest absolute Gasteiger partial charge is 0.177 e. The Morgan fingerprint density at radius 1 is 0.846 bits per heavy atom. The number of ketones is 1. The van der Waals surface area contributed by atoms with Gasteiger partial charge in [0.1, 0.15) is 14.6 Å². The van der Waals surface area contributed by atoms with Crippen LogP contribution in [0.25, 0.3) is 0 Å². The third kappa shape index (κ3) is 2.34. The average molecular weight is 428 g/mol. The minimum Gasteiger partial charge on any atom is -0.296 e. The fourth-order valence-corrected chi connectivity index (χ4v) is 6.98. The fraction of sp³-hybridized carbons (Fsp3) is 0.381. The zero-order valence-corrected chi connectivity index (χ0v) is 17.0. The molecule has 0 aromatic heterocycles. The molecular weight excluding hydrogens is 410 g/mol. The van der Waals surface area contributed by atoms with Crippen molar-refractivity contribution in [2.45, 2.75) is 45.2 Å². The zero-order chi connectivity index (χ0) is 18.6. The Balaban J connectivity index is 1.97. The van der Waals surface area contributed by atoms with E-state index in [4.69, 9.17) is 46.4 Å². The van der Waals surface area contributed by atoms with E-state index in [2.05, 4.69) is 0 Å². The topological polar surface area (TPSA) is 17.1 Å². The lowest BCUT2D eigenvalue weighted by Crippen LogP contribution is -2.70. The number of fused-ring (bicyclic) bond motifs is 2. The van der Waals surface area contributed by atoms with E-state index in [1.807, 2.05) is 60.7 Å². The van der Waals surface area contributed by atoms with Crippen LogP contribution in [0.3, 0.4) is 0 Å². The van der Waals surface area contributed by atoms with Gasteiger partial charge in [0.15, 0.2) is 5.78 Å². The van der Waals surface area contributed by atoms with E-state index in [0.717, 1.165) is 17.5 Å². The molecule has 2 aliphatic carbocycles. The summed E-state index contributed by atoms with van der Waals surface area (Å²) in [6.07, 6.45) is 1.74. The number of rotatable bonds is 2. The number of Topliss-reactive ketones (excluding diaryl/α,β-unsaturated/α-hetero) is 1. The Labute approximate surface area is 173 Å². The quantitative estimate of drug-likeness (QED) is 0.518. The van der Waals surface area contributed by atoms with Gasteiger partial charge in [-0.1, -0.05) is 60.7 Å². The molecule has 2 aromatic rings. The summed E-state index contributed by atoms with van der Waals surface area (Å²) in [5.74, 6) is -0.631. The van der Waals surface area contributed by atoms with Crippen LogP contribution in [0, 0.1) is 0 Å². The molecule has 2 aromatic carbocycles. The summed E-state index contributed by atoms with van der Waals surface area (Å²) in [5.41, 5.74) is 1.67. The van der Waals surface area contributed by atoms with Crippen molar-refractivity contribution in [2.24, 2.45) is 0 Å². The Morgan fingerprint density at radius 3 is 2.04 bits per heavy atom. The number of hydrogen-bond acceptors (Lipinski definition) is 1. The van der Waals surface area contributed by atoms with Gasteiger partial charge in [-0.05, 0) is 30.4 Å². The van der Waals surface area contributed by atoms with Gasteiger partial charge in [-0.25, -0.2) is 0 Å². The number of hydrogen-bond donors (Lipinski definition) is 0. The third-order valence-corrected chi connectivity index (χ3v) is 8.71. The van der Waals surface area contributed by atoms with Gasteiger partial charge >= 0.3 is 0 Å². The van der Waals surface area contributed by atoms with Gasteiger partial charge in [0.05, 0.1) is 5.38 Å². The second-order valence-corrected chi connectivity index (χ2v) is 9.60. The van der Waals surface area contributed by atoms with E-state index >= 15 is 0 Å². The predicted molar refractivity (Wildman–Crippen MR) is 109 cm³/mol. The van der Waals surface area contributed by atoms with Crippen molar-refractivity contribution in [1.82, 2.24) is 0 Å². The highest BCUT2D eigenvalue weighted by molar-refractivity contribution is 6.53. The molecule has 0 heterocycles. The van der Waals surface area contributed by atoms with Crippen molar-refractivity contribution in [3.8, 4) is 0 Å². The first-order valence-corrected chi connectivity index (χ1v) is 10.3. The Hall–Kier alpha value is -0.730. The molecule has 5 heteroatoms. The number of carbonyl (C=O) groups is 1. The molecule has 0 saturated heterocycles. The van der Waals surface area contributed by atoms with Crippen molar-refractivity contribution < 1.29 is 4.79 Å². The highest BCUT2D eigenvalue weighted by Crippen LogP contribution is 2.66. The summed E-state index contributed by atoms with van der Waals surface area (Å²) in [6, 6.07) is 19.1. The molecule has 2 aliphatic rings.